The van der Waals surface area contributed by atoms with Gasteiger partial charge in [0, 0.05) is 17.6 Å². The lowest BCUT2D eigenvalue weighted by Gasteiger charge is -2.33. The van der Waals surface area contributed by atoms with Crippen molar-refractivity contribution in [1.82, 2.24) is 10.2 Å². The van der Waals surface area contributed by atoms with Crippen LogP contribution in [-0.4, -0.2) is 44.5 Å². The van der Waals surface area contributed by atoms with E-state index >= 15 is 0 Å². The first-order chi connectivity index (χ1) is 12.6. The van der Waals surface area contributed by atoms with E-state index in [2.05, 4.69) is 5.32 Å². The summed E-state index contributed by atoms with van der Waals surface area (Å²) in [6, 6.07) is 5.43. The fraction of sp³-hybridized carbons (Fsp3) is 0.550. The molecule has 7 nitrogen and oxygen atoms in total. The van der Waals surface area contributed by atoms with Crippen LogP contribution in [0.1, 0.15) is 45.7 Å². The zero-order valence-corrected chi connectivity index (χ0v) is 16.0. The van der Waals surface area contributed by atoms with Crippen LogP contribution in [0.15, 0.2) is 24.3 Å². The second kappa shape index (κ2) is 6.64. The van der Waals surface area contributed by atoms with E-state index in [0.717, 1.165) is 0 Å². The van der Waals surface area contributed by atoms with E-state index < -0.39 is 35.3 Å². The molecule has 2 aliphatic heterocycles. The molecule has 0 bridgehead atoms. The minimum atomic E-state index is -1.55. The number of hydrogen-bond donors (Lipinski definition) is 3. The van der Waals surface area contributed by atoms with Crippen LogP contribution in [-0.2, 0) is 14.4 Å². The van der Waals surface area contributed by atoms with Crippen LogP contribution in [0.4, 0.5) is 0 Å². The van der Waals surface area contributed by atoms with Crippen LogP contribution < -0.4 is 5.32 Å². The highest BCUT2D eigenvalue weighted by atomic mass is 16.4. The molecule has 0 spiro atoms. The number of aromatic hydroxyl groups is 1. The van der Waals surface area contributed by atoms with Crippen molar-refractivity contribution in [3.05, 3.63) is 29.8 Å². The average molecular weight is 374 g/mol. The fourth-order valence-electron chi connectivity index (χ4n) is 4.67. The molecular weight excluding hydrogens is 348 g/mol. The number of likely N-dealkylation sites (tertiary alicyclic amines) is 1. The molecule has 0 unspecified atom stereocenters. The highest BCUT2D eigenvalue weighted by Gasteiger charge is 2.68. The highest BCUT2D eigenvalue weighted by molar-refractivity contribution is 6.09. The fourth-order valence-corrected chi connectivity index (χ4v) is 4.67. The summed E-state index contributed by atoms with van der Waals surface area (Å²) in [7, 11) is 0. The predicted molar refractivity (Wildman–Crippen MR) is 97.8 cm³/mol. The largest absolute Gasteiger partial charge is 0.508 e. The number of carbonyl (C=O) groups is 3. The van der Waals surface area contributed by atoms with E-state index in [4.69, 9.17) is 0 Å². The standard InChI is InChI=1S/C20H26N2O5/c1-10(2)9-20(19(26)27)15-14(17(24)22(11(3)4)18(15)25)16(21-20)12-7-5-6-8-13(12)23/h5-8,10-11,14-16,21,23H,9H2,1-4H3,(H,26,27)/t14-,15+,16-,20+/m1/s1. The molecule has 0 radical (unpaired) electrons. The summed E-state index contributed by atoms with van der Waals surface area (Å²) in [4.78, 5) is 39.8. The Kier molecular flexibility index (Phi) is 4.76. The molecule has 146 valence electrons. The second-order valence-corrected chi connectivity index (χ2v) is 8.20. The maximum absolute atomic E-state index is 13.1. The summed E-state index contributed by atoms with van der Waals surface area (Å²) < 4.78 is 0. The summed E-state index contributed by atoms with van der Waals surface area (Å²) >= 11 is 0. The van der Waals surface area contributed by atoms with E-state index in [-0.39, 0.29) is 30.0 Å². The van der Waals surface area contributed by atoms with E-state index in [0.29, 0.717) is 5.56 Å². The number of para-hydroxylation sites is 1. The first kappa shape index (κ1) is 19.4. The SMILES string of the molecule is CC(C)C[C@]1(C(=O)O)N[C@H](c2ccccc2O)[C@@H]2C(=O)N(C(C)C)C(=O)[C@H]21. The van der Waals surface area contributed by atoms with E-state index in [1.807, 2.05) is 13.8 Å². The molecule has 2 fully saturated rings. The van der Waals surface area contributed by atoms with E-state index in [1.54, 1.807) is 32.0 Å². The monoisotopic (exact) mass is 374 g/mol. The van der Waals surface area contributed by atoms with Crippen molar-refractivity contribution < 1.29 is 24.6 Å². The van der Waals surface area contributed by atoms with Crippen molar-refractivity contribution in [1.29, 1.82) is 0 Å². The third-order valence-electron chi connectivity index (χ3n) is 5.59. The number of phenolic OH excluding ortho intramolecular Hbond substituents is 1. The molecule has 3 rings (SSSR count). The molecule has 2 saturated heterocycles. The average Bonchev–Trinajstić information content (AvgIpc) is 3.03. The lowest BCUT2D eigenvalue weighted by Crippen LogP contribution is -2.56. The lowest BCUT2D eigenvalue weighted by molar-refractivity contribution is -0.152. The normalized spacial score (nSPS) is 30.4. The van der Waals surface area contributed by atoms with E-state index in [9.17, 15) is 24.6 Å². The summed E-state index contributed by atoms with van der Waals surface area (Å²) in [5.74, 6) is -3.87. The number of carbonyl (C=O) groups excluding carboxylic acids is 2. The van der Waals surface area contributed by atoms with Gasteiger partial charge in [0.1, 0.15) is 11.3 Å². The van der Waals surface area contributed by atoms with Crippen LogP contribution >= 0.6 is 0 Å². The van der Waals surface area contributed by atoms with Gasteiger partial charge in [-0.15, -0.1) is 0 Å². The first-order valence-electron chi connectivity index (χ1n) is 9.27. The van der Waals surface area contributed by atoms with Crippen molar-refractivity contribution in [2.75, 3.05) is 0 Å². The third-order valence-corrected chi connectivity index (χ3v) is 5.59. The molecular formula is C20H26N2O5. The topological polar surface area (TPSA) is 107 Å². The van der Waals surface area contributed by atoms with Gasteiger partial charge in [0.15, 0.2) is 0 Å². The number of carboxylic acids is 1. The minimum absolute atomic E-state index is 0.00614. The first-order valence-corrected chi connectivity index (χ1v) is 9.27. The zero-order valence-electron chi connectivity index (χ0n) is 16.0. The molecule has 2 aliphatic rings. The molecule has 27 heavy (non-hydrogen) atoms. The van der Waals surface area contributed by atoms with Gasteiger partial charge < -0.3 is 10.2 Å². The van der Waals surface area contributed by atoms with Crippen molar-refractivity contribution in [2.24, 2.45) is 17.8 Å². The molecule has 0 aromatic heterocycles. The van der Waals surface area contributed by atoms with Crippen molar-refractivity contribution in [2.45, 2.75) is 51.7 Å². The number of carboxylic acid groups (broad SMARTS) is 1. The van der Waals surface area contributed by atoms with Crippen LogP contribution in [0.2, 0.25) is 0 Å². The molecule has 2 heterocycles. The van der Waals surface area contributed by atoms with Crippen LogP contribution in [0, 0.1) is 17.8 Å². The molecule has 7 heteroatoms. The molecule has 2 amide bonds. The molecule has 0 aliphatic carbocycles. The molecule has 0 saturated carbocycles. The molecule has 1 aromatic carbocycles. The third kappa shape index (κ3) is 2.81. The molecule has 4 atom stereocenters. The number of nitrogens with zero attached hydrogens (tertiary/aromatic N) is 1. The van der Waals surface area contributed by atoms with Gasteiger partial charge in [-0.3, -0.25) is 24.6 Å². The number of imide groups is 1. The van der Waals surface area contributed by atoms with Gasteiger partial charge in [-0.25, -0.2) is 0 Å². The second-order valence-electron chi connectivity index (χ2n) is 8.20. The summed E-state index contributed by atoms with van der Waals surface area (Å²) in [5.41, 5.74) is -1.12. The smallest absolute Gasteiger partial charge is 0.324 e. The Hall–Kier alpha value is -2.41. The number of fused-ring (bicyclic) bond motifs is 1. The Balaban J connectivity index is 2.19. The molecule has 3 N–H and O–H groups in total. The maximum Gasteiger partial charge on any atom is 0.324 e. The van der Waals surface area contributed by atoms with Crippen LogP contribution in [0.3, 0.4) is 0 Å². The highest BCUT2D eigenvalue weighted by Crippen LogP contribution is 2.52. The number of aliphatic carboxylic acids is 1. The predicted octanol–water partition coefficient (Wildman–Crippen LogP) is 1.92. The van der Waals surface area contributed by atoms with Gasteiger partial charge in [-0.2, -0.15) is 0 Å². The van der Waals surface area contributed by atoms with Crippen molar-refractivity contribution in [3.63, 3.8) is 0 Å². The maximum atomic E-state index is 13.1. The number of rotatable bonds is 5. The van der Waals surface area contributed by atoms with Crippen LogP contribution in [0.5, 0.6) is 5.75 Å². The van der Waals surface area contributed by atoms with Gasteiger partial charge in [0.25, 0.3) is 0 Å². The quantitative estimate of drug-likeness (QED) is 0.680. The van der Waals surface area contributed by atoms with Gasteiger partial charge in [0.05, 0.1) is 11.8 Å². The van der Waals surface area contributed by atoms with Gasteiger partial charge in [-0.1, -0.05) is 32.0 Å². The van der Waals surface area contributed by atoms with Gasteiger partial charge in [-0.05, 0) is 32.3 Å². The van der Waals surface area contributed by atoms with Gasteiger partial charge in [0.2, 0.25) is 11.8 Å². The Morgan fingerprint density at radius 3 is 2.33 bits per heavy atom. The Labute approximate surface area is 158 Å². The summed E-state index contributed by atoms with van der Waals surface area (Å²) in [6.07, 6.45) is 0.207. The Bertz CT molecular complexity index is 790. The van der Waals surface area contributed by atoms with Gasteiger partial charge >= 0.3 is 5.97 Å². The minimum Gasteiger partial charge on any atom is -0.508 e. The lowest BCUT2D eigenvalue weighted by atomic mass is 9.75. The Morgan fingerprint density at radius 2 is 1.81 bits per heavy atom. The van der Waals surface area contributed by atoms with Crippen molar-refractivity contribution in [3.8, 4) is 5.75 Å². The van der Waals surface area contributed by atoms with Crippen molar-refractivity contribution >= 4 is 17.8 Å². The number of nitrogens with one attached hydrogen (secondary N) is 1. The molecule has 1 aromatic rings. The number of amides is 2. The van der Waals surface area contributed by atoms with Crippen LogP contribution in [0.25, 0.3) is 0 Å². The summed E-state index contributed by atoms with van der Waals surface area (Å²) in [6.45, 7) is 7.25. The number of hydrogen-bond acceptors (Lipinski definition) is 5. The number of phenols is 1. The summed E-state index contributed by atoms with van der Waals surface area (Å²) in [5, 5.41) is 23.5. The number of benzene rings is 1. The van der Waals surface area contributed by atoms with E-state index in [1.165, 1.54) is 11.0 Å². The zero-order chi connectivity index (χ0) is 20.1. The Morgan fingerprint density at radius 1 is 1.19 bits per heavy atom.